The highest BCUT2D eigenvalue weighted by Gasteiger charge is 2.29. The van der Waals surface area contributed by atoms with Crippen molar-refractivity contribution in [3.8, 4) is 5.69 Å². The summed E-state index contributed by atoms with van der Waals surface area (Å²) in [6.45, 7) is 15.6. The number of hydrogen-bond donors (Lipinski definition) is 0. The van der Waals surface area contributed by atoms with Crippen LogP contribution in [0.1, 0.15) is 17.5 Å². The Balaban J connectivity index is 2.54. The van der Waals surface area contributed by atoms with Crippen LogP contribution in [-0.4, -0.2) is 18.1 Å². The molecular weight excluding hydrogens is 382 g/mol. The molecule has 1 atom stereocenters. The average molecular weight is 399 g/mol. The summed E-state index contributed by atoms with van der Waals surface area (Å²) in [7, 11) is -1.86. The first-order chi connectivity index (χ1) is 10.2. The highest BCUT2D eigenvalue weighted by molar-refractivity contribution is 9.10. The highest BCUT2D eigenvalue weighted by Crippen LogP contribution is 2.31. The van der Waals surface area contributed by atoms with Crippen molar-refractivity contribution in [2.24, 2.45) is 0 Å². The van der Waals surface area contributed by atoms with E-state index >= 15 is 0 Å². The van der Waals surface area contributed by atoms with Crippen molar-refractivity contribution in [3.05, 3.63) is 56.6 Å². The number of rotatable bonds is 4. The van der Waals surface area contributed by atoms with Crippen LogP contribution in [0.15, 0.2) is 28.9 Å². The predicted molar refractivity (Wildman–Crippen MR) is 94.8 cm³/mol. The minimum absolute atomic E-state index is 0.597. The molecule has 1 unspecified atom stereocenters. The van der Waals surface area contributed by atoms with Crippen molar-refractivity contribution in [1.29, 1.82) is 0 Å². The number of aryl methyl sites for hydroxylation is 1. The number of halogens is 2. The predicted octanol–water partition coefficient (Wildman–Crippen LogP) is 5.37. The monoisotopic (exact) mass is 397 g/mol. The summed E-state index contributed by atoms with van der Waals surface area (Å²) < 4.78 is 8.61. The maximum Gasteiger partial charge on any atom is 0.347 e. The van der Waals surface area contributed by atoms with E-state index < -0.39 is 14.5 Å². The van der Waals surface area contributed by atoms with Crippen LogP contribution in [0.3, 0.4) is 0 Å². The molecule has 2 rings (SSSR count). The normalized spacial score (nSPS) is 13.0. The van der Waals surface area contributed by atoms with Gasteiger partial charge in [0.2, 0.25) is 0 Å². The van der Waals surface area contributed by atoms with E-state index in [2.05, 4.69) is 45.5 Å². The van der Waals surface area contributed by atoms with Gasteiger partial charge >= 0.3 is 6.23 Å². The molecule has 0 saturated heterocycles. The zero-order valence-electron chi connectivity index (χ0n) is 12.9. The summed E-state index contributed by atoms with van der Waals surface area (Å²) in [6.07, 6.45) is 1.10. The maximum absolute atomic E-state index is 7.51. The Kier molecular flexibility index (Phi) is 5.13. The topological polar surface area (TPSA) is 31.4 Å². The van der Waals surface area contributed by atoms with Crippen LogP contribution in [-0.2, 0) is 4.43 Å². The van der Waals surface area contributed by atoms with E-state index in [0.717, 1.165) is 21.4 Å². The minimum Gasteiger partial charge on any atom is -0.349 e. The van der Waals surface area contributed by atoms with Gasteiger partial charge in [-0.1, -0.05) is 27.5 Å². The first-order valence-corrected chi connectivity index (χ1v) is 11.3. The van der Waals surface area contributed by atoms with Crippen LogP contribution in [0.4, 0.5) is 0 Å². The second kappa shape index (κ2) is 6.55. The second-order valence-corrected chi connectivity index (χ2v) is 11.7. The van der Waals surface area contributed by atoms with Crippen LogP contribution in [0.25, 0.3) is 10.5 Å². The summed E-state index contributed by atoms with van der Waals surface area (Å²) in [5.41, 5.74) is 2.34. The Morgan fingerprint density at radius 3 is 2.59 bits per heavy atom. The van der Waals surface area contributed by atoms with Crippen molar-refractivity contribution in [3.63, 3.8) is 0 Å². The molecule has 1 heterocycles. The van der Waals surface area contributed by atoms with E-state index in [4.69, 9.17) is 22.6 Å². The quantitative estimate of drug-likeness (QED) is 0.512. The van der Waals surface area contributed by atoms with Gasteiger partial charge in [0, 0.05) is 10.7 Å². The summed E-state index contributed by atoms with van der Waals surface area (Å²) in [4.78, 5) is 3.67. The van der Waals surface area contributed by atoms with Crippen molar-refractivity contribution in [1.82, 2.24) is 9.78 Å². The van der Waals surface area contributed by atoms with E-state index in [1.807, 2.05) is 25.1 Å². The molecule has 1 aromatic carbocycles. The fourth-order valence-corrected chi connectivity index (χ4v) is 3.35. The van der Waals surface area contributed by atoms with Crippen molar-refractivity contribution < 1.29 is 4.43 Å². The molecule has 22 heavy (non-hydrogen) atoms. The van der Waals surface area contributed by atoms with Gasteiger partial charge in [-0.2, -0.15) is 5.10 Å². The van der Waals surface area contributed by atoms with Gasteiger partial charge in [-0.15, -0.1) is 0 Å². The van der Waals surface area contributed by atoms with E-state index in [1.54, 1.807) is 10.9 Å². The zero-order chi connectivity index (χ0) is 16.5. The lowest BCUT2D eigenvalue weighted by atomic mass is 10.1. The van der Waals surface area contributed by atoms with Crippen molar-refractivity contribution in [2.45, 2.75) is 32.8 Å². The largest absolute Gasteiger partial charge is 0.349 e. The molecule has 0 aliphatic rings. The molecule has 0 spiro atoms. The third kappa shape index (κ3) is 3.99. The second-order valence-electron chi connectivity index (χ2n) is 5.92. The van der Waals surface area contributed by atoms with Gasteiger partial charge in [0.1, 0.15) is 0 Å². The Morgan fingerprint density at radius 2 is 2.09 bits per heavy atom. The summed E-state index contributed by atoms with van der Waals surface area (Å²) >= 11 is 9.57. The number of benzene rings is 1. The van der Waals surface area contributed by atoms with Crippen LogP contribution in [0, 0.1) is 13.5 Å². The zero-order valence-corrected chi connectivity index (χ0v) is 16.2. The Morgan fingerprint density at radius 1 is 1.41 bits per heavy atom. The number of hydrogen-bond acceptors (Lipinski definition) is 2. The summed E-state index contributed by atoms with van der Waals surface area (Å²) in [6, 6.07) is 5.73. The lowest BCUT2D eigenvalue weighted by molar-refractivity contribution is 0.245. The van der Waals surface area contributed by atoms with Gasteiger partial charge < -0.3 is 4.43 Å². The molecular formula is C15H17BrClN3OSi. The molecule has 2 aromatic rings. The average Bonchev–Trinajstić information content (AvgIpc) is 2.74. The molecule has 0 saturated carbocycles. The van der Waals surface area contributed by atoms with E-state index in [9.17, 15) is 0 Å². The van der Waals surface area contributed by atoms with Crippen LogP contribution >= 0.6 is 27.5 Å². The van der Waals surface area contributed by atoms with Crippen LogP contribution < -0.4 is 0 Å². The maximum atomic E-state index is 7.51. The van der Waals surface area contributed by atoms with Gasteiger partial charge in [0.15, 0.2) is 8.32 Å². The van der Waals surface area contributed by atoms with Gasteiger partial charge in [0.25, 0.3) is 0 Å². The van der Waals surface area contributed by atoms with Gasteiger partial charge in [-0.25, -0.2) is 11.3 Å². The molecule has 4 nitrogen and oxygen atoms in total. The standard InChI is InChI=1S/C15H17BrClN3OSi/c1-10-13(17)9-20(19-10)14-7-6-11(16)8-12(14)15(18-2)21-22(3,4)5/h6-9,15H,1,3-5H3. The first-order valence-electron chi connectivity index (χ1n) is 6.77. The van der Waals surface area contributed by atoms with Gasteiger partial charge in [-0.05, 0) is 44.8 Å². The molecule has 116 valence electrons. The molecule has 0 aliphatic carbocycles. The van der Waals surface area contributed by atoms with E-state index in [1.165, 1.54) is 0 Å². The fraction of sp³-hybridized carbons (Fsp3) is 0.333. The van der Waals surface area contributed by atoms with E-state index in [-0.39, 0.29) is 0 Å². The lowest BCUT2D eigenvalue weighted by Crippen LogP contribution is -2.27. The van der Waals surface area contributed by atoms with Gasteiger partial charge in [0.05, 0.1) is 22.0 Å². The lowest BCUT2D eigenvalue weighted by Gasteiger charge is -2.20. The fourth-order valence-electron chi connectivity index (χ4n) is 1.99. The molecule has 0 bridgehead atoms. The number of aromatic nitrogens is 2. The third-order valence-electron chi connectivity index (χ3n) is 2.92. The molecule has 1 aromatic heterocycles. The van der Waals surface area contributed by atoms with Gasteiger partial charge in [-0.3, -0.25) is 4.85 Å². The Labute approximate surface area is 145 Å². The molecule has 0 amide bonds. The van der Waals surface area contributed by atoms with Crippen LogP contribution in [0.2, 0.25) is 24.7 Å². The highest BCUT2D eigenvalue weighted by atomic mass is 79.9. The summed E-state index contributed by atoms with van der Waals surface area (Å²) in [5, 5.41) is 5.00. The molecule has 7 heteroatoms. The molecule has 0 aliphatic heterocycles. The van der Waals surface area contributed by atoms with Crippen molar-refractivity contribution >= 4 is 35.8 Å². The van der Waals surface area contributed by atoms with Crippen molar-refractivity contribution in [2.75, 3.05) is 0 Å². The SMILES string of the molecule is [C-]#[N+]C(O[Si](C)(C)C)c1cc(Br)ccc1-n1cc(Cl)c(C)n1. The smallest absolute Gasteiger partial charge is 0.347 e. The van der Waals surface area contributed by atoms with E-state index in [0.29, 0.717) is 5.02 Å². The third-order valence-corrected chi connectivity index (χ3v) is 4.72. The summed E-state index contributed by atoms with van der Waals surface area (Å²) in [5.74, 6) is 0. The number of nitrogens with zero attached hydrogens (tertiary/aromatic N) is 3. The Hall–Kier alpha value is -1.13. The molecule has 0 fully saturated rings. The Bertz CT molecular complexity index is 714. The minimum atomic E-state index is -1.86. The molecule has 0 N–H and O–H groups in total. The van der Waals surface area contributed by atoms with Crippen LogP contribution in [0.5, 0.6) is 0 Å². The molecule has 0 radical (unpaired) electrons. The first kappa shape index (κ1) is 17.2.